The van der Waals surface area contributed by atoms with E-state index in [0.29, 0.717) is 0 Å². The van der Waals surface area contributed by atoms with E-state index in [4.69, 9.17) is 0 Å². The van der Waals surface area contributed by atoms with Crippen molar-refractivity contribution in [3.63, 3.8) is 0 Å². The van der Waals surface area contributed by atoms with Gasteiger partial charge in [-0.05, 0) is 6.08 Å². The molecule has 2 nitrogen and oxygen atoms in total. The number of hydrogen-bond donors (Lipinski definition) is 0. The lowest BCUT2D eigenvalue weighted by molar-refractivity contribution is -0.205. The second kappa shape index (κ2) is 2.52. The molecule has 0 unspecified atom stereocenters. The molecule has 5 heteroatoms. The lowest BCUT2D eigenvalue weighted by atomic mass is 10.3. The van der Waals surface area contributed by atoms with E-state index in [-0.39, 0.29) is 6.08 Å². The van der Waals surface area contributed by atoms with Gasteiger partial charge >= 0.3 is 11.9 Å². The maximum atomic E-state index is 11.7. The normalized spacial score (nSPS) is 10.6. The Hall–Kier alpha value is -1.00. The van der Waals surface area contributed by atoms with Crippen molar-refractivity contribution < 1.29 is 23.0 Å². The topological polar surface area (TPSA) is 26.3 Å². The summed E-state index contributed by atoms with van der Waals surface area (Å²) in [6, 6.07) is 0. The summed E-state index contributed by atoms with van der Waals surface area (Å²) in [5, 5.41) is 0. The van der Waals surface area contributed by atoms with Crippen LogP contribution in [0.2, 0.25) is 0 Å². The van der Waals surface area contributed by atoms with Gasteiger partial charge in [0.15, 0.2) is 0 Å². The maximum Gasteiger partial charge on any atom is 0.421 e. The Balaban J connectivity index is 4.14. The van der Waals surface area contributed by atoms with Crippen LogP contribution in [0, 0.1) is 0 Å². The van der Waals surface area contributed by atoms with Gasteiger partial charge in [0.1, 0.15) is 0 Å². The Morgan fingerprint density at radius 2 is 2.11 bits per heavy atom. The zero-order chi connectivity index (χ0) is 7.49. The first kappa shape index (κ1) is 8.00. The van der Waals surface area contributed by atoms with E-state index in [1.54, 1.807) is 0 Å². The first-order chi connectivity index (χ1) is 4.04. The molecule has 52 valence electrons. The molecule has 0 aromatic heterocycles. The van der Waals surface area contributed by atoms with Crippen LogP contribution in [-0.4, -0.2) is 11.9 Å². The molecule has 0 N–H and O–H groups in total. The second-order valence-electron chi connectivity index (χ2n) is 1.19. The van der Waals surface area contributed by atoms with E-state index in [0.717, 1.165) is 0 Å². The Morgan fingerprint density at radius 3 is 2.22 bits per heavy atom. The zero-order valence-corrected chi connectivity index (χ0v) is 4.23. The van der Waals surface area contributed by atoms with Crippen molar-refractivity contribution in [1.29, 1.82) is 0 Å². The van der Waals surface area contributed by atoms with Gasteiger partial charge in [-0.1, -0.05) is 6.58 Å². The van der Waals surface area contributed by atoms with Gasteiger partial charge in [0.25, 0.3) is 0 Å². The molecule has 0 saturated carbocycles. The molecule has 0 aliphatic rings. The molecule has 0 atom stereocenters. The van der Waals surface area contributed by atoms with Gasteiger partial charge in [0.05, 0.1) is 0 Å². The van der Waals surface area contributed by atoms with E-state index in [1.807, 2.05) is 0 Å². The summed E-state index contributed by atoms with van der Waals surface area (Å²) < 4.78 is 34.1. The third kappa shape index (κ3) is 1.75. The van der Waals surface area contributed by atoms with E-state index >= 15 is 0 Å². The first-order valence-corrected chi connectivity index (χ1v) is 1.89. The predicted octanol–water partition coefficient (Wildman–Crippen LogP) is 1.24. The largest absolute Gasteiger partial charge is 0.421 e. The number of hydrogen-bond acceptors (Lipinski definition) is 2. The molecule has 0 fully saturated rings. The molecule has 0 rings (SSSR count). The molecular formula is C4H3F3O2. The lowest BCUT2D eigenvalue weighted by Gasteiger charge is -2.02. The SMILES string of the molecule is C=CC(F)(F)C(=O)OF. The van der Waals surface area contributed by atoms with Gasteiger partial charge in [-0.15, -0.1) is 0 Å². The van der Waals surface area contributed by atoms with Crippen molar-refractivity contribution in [3.05, 3.63) is 12.7 Å². The van der Waals surface area contributed by atoms with Gasteiger partial charge in [-0.25, -0.2) is 9.74 Å². The number of alkyl halides is 2. The molecule has 0 aliphatic heterocycles. The molecule has 0 amide bonds. The number of halogens is 3. The van der Waals surface area contributed by atoms with Crippen molar-refractivity contribution in [2.75, 3.05) is 0 Å². The minimum absolute atomic E-state index is 0.00505. The number of rotatable bonds is 2. The molecule has 0 spiro atoms. The molecular weight excluding hydrogens is 137 g/mol. The van der Waals surface area contributed by atoms with E-state index in [2.05, 4.69) is 11.5 Å². The number of carbonyl (C=O) groups excluding carboxylic acids is 1. The van der Waals surface area contributed by atoms with Crippen LogP contribution in [-0.2, 0) is 9.74 Å². The summed E-state index contributed by atoms with van der Waals surface area (Å²) in [7, 11) is 0. The van der Waals surface area contributed by atoms with Crippen LogP contribution in [0.4, 0.5) is 13.3 Å². The average molecular weight is 140 g/mol. The highest BCUT2D eigenvalue weighted by Crippen LogP contribution is 2.15. The van der Waals surface area contributed by atoms with Crippen LogP contribution in [0.15, 0.2) is 12.7 Å². The van der Waals surface area contributed by atoms with Gasteiger partial charge in [-0.2, -0.15) is 8.78 Å². The van der Waals surface area contributed by atoms with E-state index in [9.17, 15) is 18.1 Å². The highest BCUT2D eigenvalue weighted by molar-refractivity contribution is 5.79. The van der Waals surface area contributed by atoms with Crippen molar-refractivity contribution in [1.82, 2.24) is 0 Å². The minimum atomic E-state index is -3.92. The summed E-state index contributed by atoms with van der Waals surface area (Å²) in [5.41, 5.74) is 0. The molecule has 0 radical (unpaired) electrons. The van der Waals surface area contributed by atoms with Crippen molar-refractivity contribution in [3.8, 4) is 0 Å². The van der Waals surface area contributed by atoms with Crippen LogP contribution >= 0.6 is 0 Å². The molecule has 9 heavy (non-hydrogen) atoms. The van der Waals surface area contributed by atoms with Crippen molar-refractivity contribution in [2.45, 2.75) is 5.92 Å². The van der Waals surface area contributed by atoms with Gasteiger partial charge < -0.3 is 0 Å². The third-order valence-electron chi connectivity index (χ3n) is 0.599. The molecule has 0 aromatic rings. The fourth-order valence-electron chi connectivity index (χ4n) is 0.135. The van der Waals surface area contributed by atoms with Gasteiger partial charge in [0, 0.05) is 4.53 Å². The van der Waals surface area contributed by atoms with Crippen molar-refractivity contribution >= 4 is 5.97 Å². The molecule has 0 saturated heterocycles. The maximum absolute atomic E-state index is 11.7. The predicted molar refractivity (Wildman–Crippen MR) is 22.3 cm³/mol. The van der Waals surface area contributed by atoms with Crippen LogP contribution in [0.1, 0.15) is 0 Å². The van der Waals surface area contributed by atoms with E-state index in [1.165, 1.54) is 0 Å². The first-order valence-electron chi connectivity index (χ1n) is 1.89. The Bertz CT molecular complexity index is 132. The quantitative estimate of drug-likeness (QED) is 0.539. The lowest BCUT2D eigenvalue weighted by Crippen LogP contribution is -2.25. The minimum Gasteiger partial charge on any atom is -0.248 e. The van der Waals surface area contributed by atoms with E-state index < -0.39 is 11.9 Å². The van der Waals surface area contributed by atoms with Gasteiger partial charge in [0.2, 0.25) is 0 Å². The molecule has 0 aliphatic carbocycles. The summed E-state index contributed by atoms with van der Waals surface area (Å²) >= 11 is 0. The van der Waals surface area contributed by atoms with Gasteiger partial charge in [-0.3, -0.25) is 0 Å². The summed E-state index contributed by atoms with van der Waals surface area (Å²) in [5.74, 6) is -6.17. The van der Waals surface area contributed by atoms with Crippen molar-refractivity contribution in [2.24, 2.45) is 0 Å². The monoisotopic (exact) mass is 140 g/mol. The molecule has 0 aromatic carbocycles. The Morgan fingerprint density at radius 1 is 1.67 bits per heavy atom. The smallest absolute Gasteiger partial charge is 0.248 e. The third-order valence-corrected chi connectivity index (χ3v) is 0.599. The molecule has 0 bridgehead atoms. The molecule has 0 heterocycles. The Kier molecular flexibility index (Phi) is 2.24. The zero-order valence-electron chi connectivity index (χ0n) is 4.23. The van der Waals surface area contributed by atoms with Crippen LogP contribution in [0.3, 0.4) is 0 Å². The van der Waals surface area contributed by atoms with Crippen LogP contribution in [0.25, 0.3) is 0 Å². The van der Waals surface area contributed by atoms with Crippen LogP contribution < -0.4 is 0 Å². The average Bonchev–Trinajstić information content (AvgIpc) is 1.86. The fraction of sp³-hybridized carbons (Fsp3) is 0.250. The highest BCUT2D eigenvalue weighted by atomic mass is 19.3. The summed E-state index contributed by atoms with van der Waals surface area (Å²) in [6.45, 7) is 2.58. The second-order valence-corrected chi connectivity index (χ2v) is 1.19. The highest BCUT2D eigenvalue weighted by Gasteiger charge is 2.37. The fourth-order valence-corrected chi connectivity index (χ4v) is 0.135. The van der Waals surface area contributed by atoms with Crippen LogP contribution in [0.5, 0.6) is 0 Å². The summed E-state index contributed by atoms with van der Waals surface area (Å²) in [6.07, 6.45) is -0.00505. The summed E-state index contributed by atoms with van der Waals surface area (Å²) in [4.78, 5) is 11.9. The Labute approximate surface area is 48.8 Å². The standard InChI is InChI=1S/C4H3F3O2/c1-2-4(5,6)3(8)9-7/h2H,1H2. The number of carbonyl (C=O) groups is 1.